The van der Waals surface area contributed by atoms with Gasteiger partial charge in [0.1, 0.15) is 23.1 Å². The molecule has 3 N–H and O–H groups in total. The number of nitrogens with zero attached hydrogens (tertiary/aromatic N) is 6. The van der Waals surface area contributed by atoms with E-state index in [1.807, 2.05) is 10.8 Å². The SMILES string of the molecule is CC(C)(C)OC(=O)N(C(=O)O)c1ncnc2c1c(-c1ccc(N)c3nonc13)cn2C1CC1. The second-order valence-corrected chi connectivity index (χ2v) is 8.84. The Morgan fingerprint density at radius 3 is 2.58 bits per heavy atom. The van der Waals surface area contributed by atoms with Crippen molar-refractivity contribution in [3.05, 3.63) is 24.7 Å². The van der Waals surface area contributed by atoms with Crippen molar-refractivity contribution in [3.63, 3.8) is 0 Å². The minimum absolute atomic E-state index is 0.113. The summed E-state index contributed by atoms with van der Waals surface area (Å²) in [6.45, 7) is 4.95. The molecule has 3 heterocycles. The van der Waals surface area contributed by atoms with Gasteiger partial charge < -0.3 is 20.1 Å². The molecule has 0 atom stereocenters. The summed E-state index contributed by atoms with van der Waals surface area (Å²) in [5.74, 6) is -0.113. The Morgan fingerprint density at radius 2 is 1.91 bits per heavy atom. The molecule has 1 aliphatic rings. The van der Waals surface area contributed by atoms with E-state index in [0.29, 0.717) is 43.8 Å². The molecule has 170 valence electrons. The van der Waals surface area contributed by atoms with Crippen LogP contribution in [0.3, 0.4) is 0 Å². The second-order valence-electron chi connectivity index (χ2n) is 8.84. The summed E-state index contributed by atoms with van der Waals surface area (Å²) < 4.78 is 12.2. The van der Waals surface area contributed by atoms with Crippen molar-refractivity contribution in [1.29, 1.82) is 0 Å². The fraction of sp³-hybridized carbons (Fsp3) is 0.333. The van der Waals surface area contributed by atoms with Crippen LogP contribution in [0, 0.1) is 0 Å². The van der Waals surface area contributed by atoms with Crippen molar-refractivity contribution in [3.8, 4) is 11.1 Å². The number of anilines is 2. The van der Waals surface area contributed by atoms with Crippen LogP contribution in [0.15, 0.2) is 29.3 Å². The third-order valence-electron chi connectivity index (χ3n) is 5.25. The molecule has 1 aromatic carbocycles. The quantitative estimate of drug-likeness (QED) is 0.436. The van der Waals surface area contributed by atoms with Gasteiger partial charge in [-0.3, -0.25) is 0 Å². The Bertz CT molecular complexity index is 1410. The lowest BCUT2D eigenvalue weighted by Crippen LogP contribution is -2.40. The minimum atomic E-state index is -1.53. The van der Waals surface area contributed by atoms with E-state index < -0.39 is 17.8 Å². The topological polar surface area (TPSA) is 162 Å². The van der Waals surface area contributed by atoms with Crippen molar-refractivity contribution in [2.45, 2.75) is 45.3 Å². The Morgan fingerprint density at radius 1 is 1.18 bits per heavy atom. The summed E-state index contributed by atoms with van der Waals surface area (Å²) in [6, 6.07) is 3.61. The number of fused-ring (bicyclic) bond motifs is 2. The average Bonchev–Trinajstić information content (AvgIpc) is 3.30. The summed E-state index contributed by atoms with van der Waals surface area (Å²) in [6.07, 6.45) is 2.41. The maximum Gasteiger partial charge on any atom is 0.425 e. The Labute approximate surface area is 186 Å². The zero-order chi connectivity index (χ0) is 23.5. The molecule has 0 saturated heterocycles. The molecule has 1 saturated carbocycles. The number of amides is 2. The first-order valence-corrected chi connectivity index (χ1v) is 10.3. The predicted molar refractivity (Wildman–Crippen MR) is 118 cm³/mol. The third-order valence-corrected chi connectivity index (χ3v) is 5.25. The number of imide groups is 1. The smallest absolute Gasteiger partial charge is 0.425 e. The highest BCUT2D eigenvalue weighted by Gasteiger charge is 2.35. The number of nitrogen functional groups attached to an aromatic ring is 1. The minimum Gasteiger partial charge on any atom is -0.464 e. The number of benzene rings is 1. The molecule has 4 aromatic rings. The highest BCUT2D eigenvalue weighted by Crippen LogP contribution is 2.44. The molecule has 12 nitrogen and oxygen atoms in total. The molecule has 0 unspecified atom stereocenters. The predicted octanol–water partition coefficient (Wildman–Crippen LogP) is 3.97. The van der Waals surface area contributed by atoms with Crippen LogP contribution >= 0.6 is 0 Å². The number of carbonyl (C=O) groups excluding carboxylic acids is 1. The number of hydrogen-bond acceptors (Lipinski definition) is 9. The maximum absolute atomic E-state index is 12.9. The van der Waals surface area contributed by atoms with Crippen LogP contribution in [0.1, 0.15) is 39.7 Å². The standard InChI is InChI=1S/C21H21N7O5/c1-21(2,3)32-20(31)28(19(29)30)18-14-12(8-27(10-4-5-10)17(14)23-9-24-18)11-6-7-13(22)16-15(11)25-33-26-16/h6-10H,4-5,22H2,1-3H3,(H,29,30). The first-order valence-electron chi connectivity index (χ1n) is 10.3. The largest absolute Gasteiger partial charge is 0.464 e. The molecular formula is C21H21N7O5. The van der Waals surface area contributed by atoms with Crippen LogP contribution in [0.2, 0.25) is 0 Å². The van der Waals surface area contributed by atoms with Crippen molar-refractivity contribution in [2.24, 2.45) is 0 Å². The lowest BCUT2D eigenvalue weighted by Gasteiger charge is -2.24. The van der Waals surface area contributed by atoms with Gasteiger partial charge in [-0.25, -0.2) is 24.2 Å². The van der Waals surface area contributed by atoms with Crippen molar-refractivity contribution >= 4 is 45.8 Å². The molecule has 1 aliphatic carbocycles. The summed E-state index contributed by atoms with van der Waals surface area (Å²) >= 11 is 0. The van der Waals surface area contributed by atoms with Gasteiger partial charge in [-0.05, 0) is 56.1 Å². The number of carboxylic acid groups (broad SMARTS) is 1. The van der Waals surface area contributed by atoms with Crippen molar-refractivity contribution in [2.75, 3.05) is 10.6 Å². The first-order chi connectivity index (χ1) is 15.7. The first kappa shape index (κ1) is 20.7. The number of nitrogens with two attached hydrogens (primary N) is 1. The van der Waals surface area contributed by atoms with E-state index in [2.05, 4.69) is 20.3 Å². The fourth-order valence-electron chi connectivity index (χ4n) is 3.74. The lowest BCUT2D eigenvalue weighted by molar-refractivity contribution is 0.0581. The van der Waals surface area contributed by atoms with E-state index in [1.165, 1.54) is 6.33 Å². The van der Waals surface area contributed by atoms with Crippen LogP contribution in [0.5, 0.6) is 0 Å². The van der Waals surface area contributed by atoms with Gasteiger partial charge >= 0.3 is 12.2 Å². The van der Waals surface area contributed by atoms with Crippen molar-refractivity contribution < 1.29 is 24.1 Å². The normalized spacial score (nSPS) is 14.0. The second kappa shape index (κ2) is 7.15. The van der Waals surface area contributed by atoms with Crippen LogP contribution in [0.4, 0.5) is 21.1 Å². The highest BCUT2D eigenvalue weighted by molar-refractivity contribution is 6.16. The molecular weight excluding hydrogens is 430 g/mol. The van der Waals surface area contributed by atoms with E-state index in [9.17, 15) is 14.7 Å². The Hall–Kier alpha value is -4.22. The summed E-state index contributed by atoms with van der Waals surface area (Å²) in [5, 5.41) is 18.1. The zero-order valence-electron chi connectivity index (χ0n) is 18.1. The van der Waals surface area contributed by atoms with E-state index >= 15 is 0 Å². The van der Waals surface area contributed by atoms with Gasteiger partial charge in [-0.1, -0.05) is 0 Å². The molecule has 0 spiro atoms. The Balaban J connectivity index is 1.79. The van der Waals surface area contributed by atoms with E-state index in [1.54, 1.807) is 32.9 Å². The van der Waals surface area contributed by atoms with Gasteiger partial charge in [-0.2, -0.15) is 4.90 Å². The van der Waals surface area contributed by atoms with Crippen molar-refractivity contribution in [1.82, 2.24) is 24.8 Å². The third kappa shape index (κ3) is 3.49. The number of hydrogen-bond donors (Lipinski definition) is 2. The van der Waals surface area contributed by atoms with Gasteiger partial charge in [0.15, 0.2) is 11.3 Å². The molecule has 0 bridgehead atoms. The van der Waals surface area contributed by atoms with Crippen LogP contribution < -0.4 is 10.6 Å². The highest BCUT2D eigenvalue weighted by atomic mass is 16.6. The molecule has 5 rings (SSSR count). The van der Waals surface area contributed by atoms with E-state index in [-0.39, 0.29) is 11.9 Å². The van der Waals surface area contributed by atoms with Crippen LogP contribution in [0.25, 0.3) is 33.2 Å². The number of aromatic nitrogens is 5. The molecule has 0 radical (unpaired) electrons. The Kier molecular flexibility index (Phi) is 4.48. The number of rotatable bonds is 3. The zero-order valence-corrected chi connectivity index (χ0v) is 18.1. The summed E-state index contributed by atoms with van der Waals surface area (Å²) in [5.41, 5.74) is 7.92. The van der Waals surface area contributed by atoms with Crippen LogP contribution in [-0.2, 0) is 4.74 Å². The summed E-state index contributed by atoms with van der Waals surface area (Å²) in [4.78, 5) is 34.1. The van der Waals surface area contributed by atoms with Gasteiger partial charge in [-0.15, -0.1) is 0 Å². The monoisotopic (exact) mass is 451 g/mol. The van der Waals surface area contributed by atoms with Gasteiger partial charge in [0.25, 0.3) is 0 Å². The molecule has 1 fully saturated rings. The van der Waals surface area contributed by atoms with E-state index in [4.69, 9.17) is 15.1 Å². The molecule has 33 heavy (non-hydrogen) atoms. The molecule has 2 amide bonds. The van der Waals surface area contributed by atoms with Gasteiger partial charge in [0, 0.05) is 23.4 Å². The maximum atomic E-state index is 12.9. The fourth-order valence-corrected chi connectivity index (χ4v) is 3.74. The van der Waals surface area contributed by atoms with E-state index in [0.717, 1.165) is 12.8 Å². The summed E-state index contributed by atoms with van der Waals surface area (Å²) in [7, 11) is 0. The van der Waals surface area contributed by atoms with Crippen LogP contribution in [-0.4, -0.2) is 47.7 Å². The molecule has 12 heteroatoms. The lowest BCUT2D eigenvalue weighted by atomic mass is 10.0. The number of ether oxygens (including phenoxy) is 1. The molecule has 3 aromatic heterocycles. The molecule has 0 aliphatic heterocycles. The van der Waals surface area contributed by atoms with Gasteiger partial charge in [0.2, 0.25) is 0 Å². The average molecular weight is 451 g/mol. The number of carbonyl (C=O) groups is 2. The van der Waals surface area contributed by atoms with Gasteiger partial charge in [0.05, 0.1) is 11.1 Å².